The Morgan fingerprint density at radius 1 is 0.673 bits per heavy atom. The summed E-state index contributed by atoms with van der Waals surface area (Å²) in [5.74, 6) is 0.615. The van der Waals surface area contributed by atoms with Gasteiger partial charge in [-0.15, -0.1) is 0 Å². The predicted octanol–water partition coefficient (Wildman–Crippen LogP) is -0.516. The highest BCUT2D eigenvalue weighted by atomic mass is 79.9. The van der Waals surface area contributed by atoms with Gasteiger partial charge in [-0.25, -0.2) is 0 Å². The molecular formula is C44H50Br2N4O2. The van der Waals surface area contributed by atoms with Gasteiger partial charge in [-0.2, -0.15) is 0 Å². The van der Waals surface area contributed by atoms with E-state index in [1.165, 1.54) is 33.6 Å². The largest absolute Gasteiger partial charge is 1.00 e. The fraction of sp³-hybridized carbons (Fsp3) is 0.455. The molecule has 4 bridgehead atoms. The number of benzene rings is 2. The Labute approximate surface area is 329 Å². The predicted molar refractivity (Wildman–Crippen MR) is 198 cm³/mol. The Morgan fingerprint density at radius 2 is 1.10 bits per heavy atom. The first kappa shape index (κ1) is 35.0. The lowest BCUT2D eigenvalue weighted by Gasteiger charge is -2.59. The number of nitrogens with zero attached hydrogens (tertiary/aromatic N) is 4. The molecule has 11 rings (SSSR count). The van der Waals surface area contributed by atoms with Crippen molar-refractivity contribution in [2.75, 3.05) is 62.3 Å². The van der Waals surface area contributed by atoms with Gasteiger partial charge in [-0.3, -0.25) is 0 Å². The molecule has 7 heterocycles. The summed E-state index contributed by atoms with van der Waals surface area (Å²) in [6, 6.07) is 20.3. The van der Waals surface area contributed by atoms with Gasteiger partial charge in [0.05, 0.1) is 62.3 Å². The van der Waals surface area contributed by atoms with Gasteiger partial charge in [0.1, 0.15) is 25.2 Å². The lowest BCUT2D eigenvalue weighted by molar-refractivity contribution is -0.937. The molecule has 52 heavy (non-hydrogen) atoms. The summed E-state index contributed by atoms with van der Waals surface area (Å²) >= 11 is 0. The van der Waals surface area contributed by atoms with Crippen molar-refractivity contribution in [1.29, 1.82) is 0 Å². The number of hydrogen-bond acceptors (Lipinski definition) is 4. The lowest BCUT2D eigenvalue weighted by atomic mass is 9.56. The lowest BCUT2D eigenvalue weighted by Crippen LogP contribution is -3.00. The Balaban J connectivity index is 0.00000180. The van der Waals surface area contributed by atoms with Gasteiger partial charge in [0.25, 0.3) is 0 Å². The highest BCUT2D eigenvalue weighted by Gasteiger charge is 2.75. The molecule has 2 saturated carbocycles. The minimum atomic E-state index is 0. The number of halogens is 2. The topological polar surface area (TPSA) is 46.9 Å². The van der Waals surface area contributed by atoms with Crippen molar-refractivity contribution >= 4 is 11.4 Å². The van der Waals surface area contributed by atoms with Crippen molar-refractivity contribution in [2.24, 2.45) is 11.8 Å². The first-order valence-corrected chi connectivity index (χ1v) is 19.2. The van der Waals surface area contributed by atoms with Crippen LogP contribution in [0.4, 0.5) is 11.4 Å². The maximum absolute atomic E-state index is 10.5. The molecule has 9 aliphatic rings. The summed E-state index contributed by atoms with van der Waals surface area (Å²) in [5, 5.41) is 20.9. The van der Waals surface area contributed by atoms with Gasteiger partial charge in [-0.1, -0.05) is 61.7 Å². The van der Waals surface area contributed by atoms with Crippen LogP contribution in [-0.2, 0) is 10.8 Å². The molecule has 2 aliphatic carbocycles. The van der Waals surface area contributed by atoms with Crippen molar-refractivity contribution in [3.05, 3.63) is 132 Å². The van der Waals surface area contributed by atoms with Crippen molar-refractivity contribution in [1.82, 2.24) is 0 Å². The Bertz CT molecular complexity index is 1860. The molecule has 0 radical (unpaired) electrons. The van der Waals surface area contributed by atoms with Crippen molar-refractivity contribution < 1.29 is 53.1 Å². The van der Waals surface area contributed by atoms with Gasteiger partial charge in [0.2, 0.25) is 0 Å². The third-order valence-corrected chi connectivity index (χ3v) is 15.9. The van der Waals surface area contributed by atoms with E-state index in [1.807, 2.05) is 0 Å². The van der Waals surface area contributed by atoms with Crippen molar-refractivity contribution in [2.45, 2.75) is 60.7 Å². The third kappa shape index (κ3) is 3.89. The van der Waals surface area contributed by atoms with Crippen LogP contribution in [0.15, 0.2) is 121 Å². The summed E-state index contributed by atoms with van der Waals surface area (Å²) in [6.07, 6.45) is 18.6. The van der Waals surface area contributed by atoms with E-state index in [0.717, 1.165) is 73.9 Å². The number of quaternary nitrogens is 2. The highest BCUT2D eigenvalue weighted by molar-refractivity contribution is 5.77. The van der Waals surface area contributed by atoms with Crippen LogP contribution in [0.1, 0.15) is 36.8 Å². The number of rotatable bonds is 6. The Kier molecular flexibility index (Phi) is 8.00. The van der Waals surface area contributed by atoms with E-state index in [-0.39, 0.29) is 70.1 Å². The first-order valence-electron chi connectivity index (χ1n) is 19.2. The monoisotopic (exact) mass is 824 g/mol. The third-order valence-electron chi connectivity index (χ3n) is 15.9. The van der Waals surface area contributed by atoms with E-state index in [0.29, 0.717) is 23.9 Å². The molecule has 7 aliphatic heterocycles. The number of anilines is 2. The van der Waals surface area contributed by atoms with E-state index in [2.05, 4.69) is 108 Å². The molecule has 2 unspecified atom stereocenters. The zero-order chi connectivity index (χ0) is 33.6. The van der Waals surface area contributed by atoms with Crippen LogP contribution in [0.3, 0.4) is 0 Å². The minimum absolute atomic E-state index is 0. The maximum atomic E-state index is 10.5. The number of hydrogen-bond donors (Lipinski definition) is 2. The van der Waals surface area contributed by atoms with E-state index in [1.54, 1.807) is 11.1 Å². The molecule has 10 atom stereocenters. The summed E-state index contributed by atoms with van der Waals surface area (Å²) in [5.41, 5.74) is 11.8. The van der Waals surface area contributed by atoms with Gasteiger partial charge in [0, 0.05) is 61.3 Å². The van der Waals surface area contributed by atoms with Gasteiger partial charge >= 0.3 is 0 Å². The quantitative estimate of drug-likeness (QED) is 0.305. The first-order chi connectivity index (χ1) is 24.5. The number of fused-ring (bicyclic) bond motifs is 8. The van der Waals surface area contributed by atoms with Gasteiger partial charge in [0.15, 0.2) is 0 Å². The Morgan fingerprint density at radius 3 is 1.50 bits per heavy atom. The van der Waals surface area contributed by atoms with Crippen LogP contribution in [-0.4, -0.2) is 95.8 Å². The second-order valence-electron chi connectivity index (χ2n) is 17.2. The van der Waals surface area contributed by atoms with Crippen LogP contribution in [0, 0.1) is 11.8 Å². The molecular weight excluding hydrogens is 776 g/mol. The molecule has 6 nitrogen and oxygen atoms in total. The summed E-state index contributed by atoms with van der Waals surface area (Å²) in [4.78, 5) is 5.54. The fourth-order valence-corrected chi connectivity index (χ4v) is 14.6. The molecule has 8 heteroatoms. The number of piperidine rings is 2. The van der Waals surface area contributed by atoms with E-state index in [9.17, 15) is 10.2 Å². The van der Waals surface area contributed by atoms with Crippen LogP contribution in [0.25, 0.3) is 0 Å². The number of para-hydroxylation sites is 2. The van der Waals surface area contributed by atoms with Crippen LogP contribution >= 0.6 is 0 Å². The smallest absolute Gasteiger partial charge is 0.103 e. The van der Waals surface area contributed by atoms with Crippen LogP contribution < -0.4 is 43.8 Å². The average molecular weight is 827 g/mol. The minimum Gasteiger partial charge on any atom is -1.00 e. The zero-order valence-electron chi connectivity index (χ0n) is 29.9. The SMILES string of the molecule is C=CC[N@@+]12CC[C@]34c5ccccc5N5/C=C6\C7N(/C=C(\C53)[C@@H](C[C@@H]41)/C(=C\CO)C2)c1ccccc1[C@@]71CC[N@@+]2(CC=C)C/C(=C/CO)[C@@H]6C[C@@H]12.[Br-].[Br-]. The molecule has 2 aromatic carbocycles. The molecule has 6 fully saturated rings. The average Bonchev–Trinajstić information content (AvgIpc) is 3.81. The molecule has 2 spiro atoms. The standard InChI is InChI=1S/C44H50N4O2.2BrH/c1-3-17-47-19-15-43-35-9-5-7-11-37(35)45-26-34-32-24-40-44(16-20-48(40,18-4-2)28-30(32)14-22-50)36-10-6-8-12-38(36)46(42(34)44)25-33(41(43)45)31(23-39(43)47)29(27-47)13-21-49;;/h3-14,25-26,31-32,39-42,49-50H,1-2,15-24,27-28H2;2*1H/q+2;;/p-2/b29-13-,30-14-,33-25-,34-26-;;/t31-,32-,39-,40-,41?,42?,43+,44+,47-,48-;;/m0../s1. The second-order valence-corrected chi connectivity index (χ2v) is 17.2. The Hall–Kier alpha value is -2.72. The fourth-order valence-electron chi connectivity index (χ4n) is 14.6. The summed E-state index contributed by atoms with van der Waals surface area (Å²) < 4.78 is 2.12. The van der Waals surface area contributed by atoms with E-state index in [4.69, 9.17) is 0 Å². The summed E-state index contributed by atoms with van der Waals surface area (Å²) in [7, 11) is 0. The highest BCUT2D eigenvalue weighted by Crippen LogP contribution is 2.69. The maximum Gasteiger partial charge on any atom is 0.103 e. The van der Waals surface area contributed by atoms with E-state index >= 15 is 0 Å². The summed E-state index contributed by atoms with van der Waals surface area (Å²) in [6.45, 7) is 15.0. The molecule has 2 N–H and O–H groups in total. The molecule has 0 amide bonds. The van der Waals surface area contributed by atoms with Crippen molar-refractivity contribution in [3.8, 4) is 0 Å². The molecule has 0 aromatic heterocycles. The second kappa shape index (κ2) is 11.9. The van der Waals surface area contributed by atoms with Gasteiger partial charge < -0.3 is 62.9 Å². The molecule has 4 saturated heterocycles. The zero-order valence-corrected chi connectivity index (χ0v) is 33.1. The van der Waals surface area contributed by atoms with Crippen LogP contribution in [0.5, 0.6) is 0 Å². The van der Waals surface area contributed by atoms with Gasteiger partial charge in [-0.05, 0) is 57.7 Å². The normalized spacial score (nSPS) is 43.7. The van der Waals surface area contributed by atoms with Crippen molar-refractivity contribution in [3.63, 3.8) is 0 Å². The van der Waals surface area contributed by atoms with Crippen LogP contribution in [0.2, 0.25) is 0 Å². The molecule has 272 valence electrons. The number of aliphatic hydroxyl groups is 2. The molecule has 2 aromatic rings. The van der Waals surface area contributed by atoms with E-state index < -0.39 is 0 Å². The number of aliphatic hydroxyl groups excluding tert-OH is 2.